The van der Waals surface area contributed by atoms with E-state index in [9.17, 15) is 13.2 Å². The number of benzene rings is 1. The lowest BCUT2D eigenvalue weighted by Gasteiger charge is -2.24. The number of furan rings is 1. The molecule has 1 aliphatic heterocycles. The van der Waals surface area contributed by atoms with Gasteiger partial charge in [-0.05, 0) is 56.2 Å². The highest BCUT2D eigenvalue weighted by molar-refractivity contribution is 7.89. The van der Waals surface area contributed by atoms with Gasteiger partial charge in [0.15, 0.2) is 5.76 Å². The molecule has 0 radical (unpaired) electrons. The summed E-state index contributed by atoms with van der Waals surface area (Å²) in [7, 11) is -3.77. The van der Waals surface area contributed by atoms with E-state index in [4.69, 9.17) is 14.4 Å². The number of rotatable bonds is 8. The van der Waals surface area contributed by atoms with Gasteiger partial charge < -0.3 is 14.1 Å². The Kier molecular flexibility index (Phi) is 7.13. The molecule has 1 aliphatic rings. The van der Waals surface area contributed by atoms with Gasteiger partial charge in [-0.3, -0.25) is 4.79 Å². The molecule has 2 aromatic rings. The zero-order valence-electron chi connectivity index (χ0n) is 16.9. The van der Waals surface area contributed by atoms with Crippen LogP contribution in [-0.2, 0) is 10.0 Å². The van der Waals surface area contributed by atoms with Gasteiger partial charge >= 0.3 is 0 Å². The highest BCUT2D eigenvalue weighted by atomic mass is 32.2. The third-order valence-corrected chi connectivity index (χ3v) is 6.63. The summed E-state index contributed by atoms with van der Waals surface area (Å²) in [6, 6.07) is 11.6. The summed E-state index contributed by atoms with van der Waals surface area (Å²) in [6.07, 6.45) is 2.75. The number of piperidine rings is 1. The molecule has 0 N–H and O–H groups in total. The van der Waals surface area contributed by atoms with Crippen molar-refractivity contribution >= 4 is 21.6 Å². The summed E-state index contributed by atoms with van der Waals surface area (Å²) in [5, 5.41) is 8.73. The second-order valence-electron chi connectivity index (χ2n) is 6.88. The number of carbonyl (C=O) groups excluding carboxylic acids is 1. The fourth-order valence-electron chi connectivity index (χ4n) is 3.34. The molecule has 3 rings (SSSR count). The number of nitriles is 1. The summed E-state index contributed by atoms with van der Waals surface area (Å²) in [4.78, 5) is 14.5. The minimum absolute atomic E-state index is 0.0857. The molecule has 0 bridgehead atoms. The van der Waals surface area contributed by atoms with E-state index in [2.05, 4.69) is 0 Å². The van der Waals surface area contributed by atoms with Crippen molar-refractivity contribution < 1.29 is 22.4 Å². The van der Waals surface area contributed by atoms with Crippen molar-refractivity contribution in [1.29, 1.82) is 5.26 Å². The van der Waals surface area contributed by atoms with Crippen molar-refractivity contribution in [2.45, 2.75) is 37.7 Å². The quantitative estimate of drug-likeness (QED) is 0.634. The summed E-state index contributed by atoms with van der Waals surface area (Å²) >= 11 is 0. The first kappa shape index (κ1) is 21.9. The topological polar surface area (TPSA) is 104 Å². The monoisotopic (exact) mass is 431 g/mol. The number of anilines is 1. The minimum atomic E-state index is -3.77. The molecule has 2 heterocycles. The number of hydrogen-bond donors (Lipinski definition) is 0. The SMILES string of the molecule is CCOc1ccc(N(CCC#N)C(=O)c2ccc(S(=O)(=O)N3CCCCC3)o2)cc1. The van der Waals surface area contributed by atoms with Crippen LogP contribution in [0.25, 0.3) is 0 Å². The maximum Gasteiger partial charge on any atom is 0.294 e. The first-order valence-corrected chi connectivity index (χ1v) is 11.4. The molecule has 1 fully saturated rings. The van der Waals surface area contributed by atoms with Crippen molar-refractivity contribution in [3.05, 3.63) is 42.2 Å². The van der Waals surface area contributed by atoms with Gasteiger partial charge in [-0.1, -0.05) is 6.42 Å². The summed E-state index contributed by atoms with van der Waals surface area (Å²) in [5.41, 5.74) is 0.565. The maximum absolute atomic E-state index is 13.1. The van der Waals surface area contributed by atoms with E-state index >= 15 is 0 Å². The van der Waals surface area contributed by atoms with Gasteiger partial charge in [0.2, 0.25) is 5.09 Å². The molecule has 0 spiro atoms. The van der Waals surface area contributed by atoms with Gasteiger partial charge in [0, 0.05) is 25.3 Å². The predicted molar refractivity (Wildman–Crippen MR) is 111 cm³/mol. The number of sulfonamides is 1. The summed E-state index contributed by atoms with van der Waals surface area (Å²) < 4.78 is 37.9. The molecule has 30 heavy (non-hydrogen) atoms. The Morgan fingerprint density at radius 2 is 1.87 bits per heavy atom. The van der Waals surface area contributed by atoms with Crippen molar-refractivity contribution in [3.63, 3.8) is 0 Å². The van der Waals surface area contributed by atoms with Crippen LogP contribution in [0.2, 0.25) is 0 Å². The van der Waals surface area contributed by atoms with E-state index in [1.54, 1.807) is 24.3 Å². The fourth-order valence-corrected chi connectivity index (χ4v) is 4.77. The molecule has 1 aromatic heterocycles. The Hall–Kier alpha value is -2.83. The molecule has 0 unspecified atom stereocenters. The average molecular weight is 432 g/mol. The predicted octanol–water partition coefficient (Wildman–Crippen LogP) is 3.41. The number of nitrogens with zero attached hydrogens (tertiary/aromatic N) is 3. The van der Waals surface area contributed by atoms with Crippen LogP contribution >= 0.6 is 0 Å². The van der Waals surface area contributed by atoms with E-state index in [-0.39, 0.29) is 23.8 Å². The molecule has 1 saturated heterocycles. The molecule has 0 atom stereocenters. The van der Waals surface area contributed by atoms with Gasteiger partial charge in [0.25, 0.3) is 15.9 Å². The summed E-state index contributed by atoms with van der Waals surface area (Å²) in [5.74, 6) is 0.0776. The van der Waals surface area contributed by atoms with Crippen LogP contribution in [0.5, 0.6) is 5.75 Å². The lowest BCUT2D eigenvalue weighted by Crippen LogP contribution is -2.35. The third kappa shape index (κ3) is 4.83. The molecule has 0 aliphatic carbocycles. The Morgan fingerprint density at radius 1 is 1.17 bits per heavy atom. The van der Waals surface area contributed by atoms with Gasteiger partial charge in [-0.15, -0.1) is 0 Å². The second kappa shape index (κ2) is 9.78. The van der Waals surface area contributed by atoms with Crippen LogP contribution in [0, 0.1) is 11.3 Å². The van der Waals surface area contributed by atoms with E-state index in [1.807, 2.05) is 13.0 Å². The number of carbonyl (C=O) groups is 1. The van der Waals surface area contributed by atoms with E-state index in [1.165, 1.54) is 21.3 Å². The van der Waals surface area contributed by atoms with Gasteiger partial charge in [0.05, 0.1) is 19.1 Å². The molecule has 9 heteroatoms. The maximum atomic E-state index is 13.1. The summed E-state index contributed by atoms with van der Waals surface area (Å²) in [6.45, 7) is 3.46. The Bertz CT molecular complexity index is 1000. The van der Waals surface area contributed by atoms with Crippen LogP contribution in [0.3, 0.4) is 0 Å². The lowest BCUT2D eigenvalue weighted by molar-refractivity contribution is 0.0955. The van der Waals surface area contributed by atoms with Crippen molar-refractivity contribution in [2.24, 2.45) is 0 Å². The highest BCUT2D eigenvalue weighted by Gasteiger charge is 2.30. The normalized spacial score (nSPS) is 14.8. The molecular weight excluding hydrogens is 406 g/mol. The van der Waals surface area contributed by atoms with Crippen LogP contribution in [0.1, 0.15) is 43.2 Å². The van der Waals surface area contributed by atoms with Crippen molar-refractivity contribution in [3.8, 4) is 11.8 Å². The second-order valence-corrected chi connectivity index (χ2v) is 8.74. The van der Waals surface area contributed by atoms with Crippen LogP contribution in [0.15, 0.2) is 45.9 Å². The van der Waals surface area contributed by atoms with E-state index in [0.717, 1.165) is 19.3 Å². The Labute approximate surface area is 176 Å². The first-order valence-electron chi connectivity index (χ1n) is 9.99. The Morgan fingerprint density at radius 3 is 2.50 bits per heavy atom. The average Bonchev–Trinajstić information content (AvgIpc) is 3.27. The first-order chi connectivity index (χ1) is 14.5. The van der Waals surface area contributed by atoms with Gasteiger partial charge in [-0.25, -0.2) is 8.42 Å². The van der Waals surface area contributed by atoms with Gasteiger partial charge in [0.1, 0.15) is 5.75 Å². The standard InChI is InChI=1S/C21H25N3O5S/c1-2-28-18-9-7-17(8-10-18)24(16-6-13-22)21(25)19-11-12-20(29-19)30(26,27)23-14-4-3-5-15-23/h7-12H,2-6,14-16H2,1H3. The third-order valence-electron chi connectivity index (χ3n) is 4.85. The van der Waals surface area contributed by atoms with Gasteiger partial charge in [-0.2, -0.15) is 9.57 Å². The molecule has 0 saturated carbocycles. The fraction of sp³-hybridized carbons (Fsp3) is 0.429. The number of hydrogen-bond acceptors (Lipinski definition) is 6. The highest BCUT2D eigenvalue weighted by Crippen LogP contribution is 2.25. The zero-order valence-corrected chi connectivity index (χ0v) is 17.7. The molecule has 8 nitrogen and oxygen atoms in total. The lowest BCUT2D eigenvalue weighted by atomic mass is 10.2. The molecule has 1 aromatic carbocycles. The Balaban J connectivity index is 1.84. The van der Waals surface area contributed by atoms with Crippen molar-refractivity contribution in [2.75, 3.05) is 31.1 Å². The van der Waals surface area contributed by atoms with Crippen LogP contribution in [0.4, 0.5) is 5.69 Å². The van der Waals surface area contributed by atoms with E-state index in [0.29, 0.717) is 31.1 Å². The largest absolute Gasteiger partial charge is 0.494 e. The zero-order chi connectivity index (χ0) is 21.6. The molecular formula is C21H25N3O5S. The van der Waals surface area contributed by atoms with Crippen LogP contribution in [-0.4, -0.2) is 44.9 Å². The number of ether oxygens (including phenoxy) is 1. The number of amides is 1. The molecule has 1 amide bonds. The minimum Gasteiger partial charge on any atom is -0.494 e. The smallest absolute Gasteiger partial charge is 0.294 e. The molecule has 160 valence electrons. The van der Waals surface area contributed by atoms with Crippen LogP contribution < -0.4 is 9.64 Å². The van der Waals surface area contributed by atoms with E-state index < -0.39 is 15.9 Å². The van der Waals surface area contributed by atoms with Crippen molar-refractivity contribution in [1.82, 2.24) is 4.31 Å².